The Morgan fingerprint density at radius 1 is 1.12 bits per heavy atom. The van der Waals surface area contributed by atoms with Gasteiger partial charge in [-0.25, -0.2) is 0 Å². The van der Waals surface area contributed by atoms with E-state index in [4.69, 9.17) is 26.5 Å². The Balaban J connectivity index is 1.77. The van der Waals surface area contributed by atoms with Crippen LogP contribution in [-0.4, -0.2) is 5.91 Å². The number of carbonyl (C=O) groups is 1. The summed E-state index contributed by atoms with van der Waals surface area (Å²) in [5.41, 5.74) is 7.98. The molecule has 0 unspecified atom stereocenters. The van der Waals surface area contributed by atoms with E-state index in [0.717, 1.165) is 5.56 Å². The van der Waals surface area contributed by atoms with Crippen LogP contribution in [0.5, 0.6) is 5.75 Å². The van der Waals surface area contributed by atoms with Gasteiger partial charge in [-0.2, -0.15) is 0 Å². The Hall–Kier alpha value is -3.18. The lowest BCUT2D eigenvalue weighted by Gasteiger charge is -2.30. The summed E-state index contributed by atoms with van der Waals surface area (Å²) in [7, 11) is 0. The van der Waals surface area contributed by atoms with Gasteiger partial charge in [0.25, 0.3) is 5.91 Å². The van der Waals surface area contributed by atoms with Crippen molar-refractivity contribution in [1.29, 1.82) is 0 Å². The minimum atomic E-state index is -0.278. The number of carbonyl (C=O) groups excluding carboxylic acids is 1. The van der Waals surface area contributed by atoms with Gasteiger partial charge in [0.15, 0.2) is 11.5 Å². The lowest BCUT2D eigenvalue weighted by atomic mass is 10.1. The van der Waals surface area contributed by atoms with Gasteiger partial charge in [-0.3, -0.25) is 9.69 Å². The SMILES string of the molecule is Nc1ccc2c(c1)N(Cc1cccc(Cl)c1)C(=O)/C(=C\c1ccco1)O2. The molecular weight excluding hydrogens is 352 g/mol. The predicted octanol–water partition coefficient (Wildman–Crippen LogP) is 4.48. The molecule has 0 radical (unpaired) electrons. The Bertz CT molecular complexity index is 996. The molecule has 2 heterocycles. The number of rotatable bonds is 3. The number of nitrogens with zero attached hydrogens (tertiary/aromatic N) is 1. The molecule has 2 aromatic carbocycles. The summed E-state index contributed by atoms with van der Waals surface area (Å²) in [6, 6.07) is 16.1. The molecule has 0 saturated heterocycles. The molecule has 0 fully saturated rings. The highest BCUT2D eigenvalue weighted by molar-refractivity contribution is 6.30. The summed E-state index contributed by atoms with van der Waals surface area (Å²) in [4.78, 5) is 14.7. The van der Waals surface area contributed by atoms with Crippen molar-refractivity contribution in [2.75, 3.05) is 10.6 Å². The normalized spacial score (nSPS) is 15.0. The monoisotopic (exact) mass is 366 g/mol. The summed E-state index contributed by atoms with van der Waals surface area (Å²) in [5.74, 6) is 0.993. The minimum Gasteiger partial charge on any atom is -0.465 e. The van der Waals surface area contributed by atoms with Crippen molar-refractivity contribution in [2.45, 2.75) is 6.54 Å². The zero-order chi connectivity index (χ0) is 18.1. The van der Waals surface area contributed by atoms with Gasteiger partial charge in [-0.05, 0) is 48.0 Å². The van der Waals surface area contributed by atoms with E-state index >= 15 is 0 Å². The Morgan fingerprint density at radius 2 is 2.00 bits per heavy atom. The number of halogens is 1. The standard InChI is InChI=1S/C20H15ClN2O3/c21-14-4-1-3-13(9-14)12-23-17-10-15(22)6-7-18(17)26-19(20(23)24)11-16-5-2-8-25-16/h1-11H,12,22H2/b19-11+. The van der Waals surface area contributed by atoms with Crippen molar-refractivity contribution in [3.63, 3.8) is 0 Å². The summed E-state index contributed by atoms with van der Waals surface area (Å²) in [6.07, 6.45) is 3.12. The van der Waals surface area contributed by atoms with Crippen LogP contribution in [0.2, 0.25) is 5.02 Å². The third-order valence-corrected chi connectivity index (χ3v) is 4.23. The molecule has 130 valence electrons. The van der Waals surface area contributed by atoms with Crippen molar-refractivity contribution in [3.8, 4) is 5.75 Å². The second kappa shape index (κ2) is 6.61. The third-order valence-electron chi connectivity index (χ3n) is 4.00. The summed E-state index contributed by atoms with van der Waals surface area (Å²) in [6.45, 7) is 0.342. The molecule has 1 aromatic heterocycles. The fraction of sp³-hybridized carbons (Fsp3) is 0.0500. The molecular formula is C20H15ClN2O3. The fourth-order valence-electron chi connectivity index (χ4n) is 2.80. The summed E-state index contributed by atoms with van der Waals surface area (Å²) >= 11 is 6.08. The molecule has 3 aromatic rings. The average molecular weight is 367 g/mol. The van der Waals surface area contributed by atoms with Gasteiger partial charge in [-0.1, -0.05) is 23.7 Å². The Labute approximate surface area is 155 Å². The first-order valence-corrected chi connectivity index (χ1v) is 8.37. The maximum Gasteiger partial charge on any atom is 0.294 e. The van der Waals surface area contributed by atoms with Gasteiger partial charge in [0.05, 0.1) is 18.5 Å². The van der Waals surface area contributed by atoms with Gasteiger partial charge >= 0.3 is 0 Å². The van der Waals surface area contributed by atoms with Crippen LogP contribution >= 0.6 is 11.6 Å². The van der Waals surface area contributed by atoms with Crippen molar-refractivity contribution in [2.24, 2.45) is 0 Å². The summed E-state index contributed by atoms with van der Waals surface area (Å²) in [5, 5.41) is 0.613. The van der Waals surface area contributed by atoms with Crippen LogP contribution in [0.15, 0.2) is 71.0 Å². The quantitative estimate of drug-likeness (QED) is 0.548. The fourth-order valence-corrected chi connectivity index (χ4v) is 3.02. The smallest absolute Gasteiger partial charge is 0.294 e. The molecule has 0 aliphatic carbocycles. The van der Waals surface area contributed by atoms with E-state index in [1.54, 1.807) is 47.4 Å². The predicted molar refractivity (Wildman–Crippen MR) is 101 cm³/mol. The highest BCUT2D eigenvalue weighted by atomic mass is 35.5. The second-order valence-electron chi connectivity index (χ2n) is 5.87. The number of anilines is 2. The molecule has 5 nitrogen and oxygen atoms in total. The maximum atomic E-state index is 13.0. The Kier molecular flexibility index (Phi) is 4.14. The van der Waals surface area contributed by atoms with Gasteiger partial charge in [-0.15, -0.1) is 0 Å². The van der Waals surface area contributed by atoms with E-state index < -0.39 is 0 Å². The van der Waals surface area contributed by atoms with Crippen molar-refractivity contribution >= 4 is 35.0 Å². The van der Waals surface area contributed by atoms with Gasteiger partial charge < -0.3 is 14.9 Å². The lowest BCUT2D eigenvalue weighted by Crippen LogP contribution is -2.36. The molecule has 1 aliphatic heterocycles. The average Bonchev–Trinajstić information content (AvgIpc) is 3.12. The van der Waals surface area contributed by atoms with Gasteiger partial charge in [0.2, 0.25) is 0 Å². The van der Waals surface area contributed by atoms with E-state index in [-0.39, 0.29) is 11.7 Å². The van der Waals surface area contributed by atoms with Gasteiger partial charge in [0.1, 0.15) is 5.76 Å². The lowest BCUT2D eigenvalue weighted by molar-refractivity contribution is -0.117. The van der Waals surface area contributed by atoms with E-state index in [2.05, 4.69) is 0 Å². The molecule has 1 aliphatic rings. The number of fused-ring (bicyclic) bond motifs is 1. The molecule has 4 rings (SSSR count). The minimum absolute atomic E-state index is 0.180. The number of nitrogens with two attached hydrogens (primary N) is 1. The highest BCUT2D eigenvalue weighted by Crippen LogP contribution is 2.38. The number of amides is 1. The third kappa shape index (κ3) is 3.17. The molecule has 1 amide bonds. The van der Waals surface area contributed by atoms with Crippen LogP contribution in [0.3, 0.4) is 0 Å². The first kappa shape index (κ1) is 16.3. The number of hydrogen-bond donors (Lipinski definition) is 1. The number of hydrogen-bond acceptors (Lipinski definition) is 4. The zero-order valence-electron chi connectivity index (χ0n) is 13.7. The topological polar surface area (TPSA) is 68.7 Å². The van der Waals surface area contributed by atoms with Crippen molar-refractivity contribution in [3.05, 3.63) is 83.0 Å². The summed E-state index contributed by atoms with van der Waals surface area (Å²) < 4.78 is 11.1. The second-order valence-corrected chi connectivity index (χ2v) is 6.31. The largest absolute Gasteiger partial charge is 0.465 e. The van der Waals surface area contributed by atoms with Crippen LogP contribution < -0.4 is 15.4 Å². The first-order chi connectivity index (χ1) is 12.6. The van der Waals surface area contributed by atoms with Crippen LogP contribution in [0.4, 0.5) is 11.4 Å². The van der Waals surface area contributed by atoms with E-state index in [1.165, 1.54) is 6.26 Å². The molecule has 26 heavy (non-hydrogen) atoms. The maximum absolute atomic E-state index is 13.0. The molecule has 0 spiro atoms. The molecule has 0 atom stereocenters. The highest BCUT2D eigenvalue weighted by Gasteiger charge is 2.31. The number of ether oxygens (including phenoxy) is 1. The van der Waals surface area contributed by atoms with Crippen LogP contribution in [0.25, 0.3) is 6.08 Å². The molecule has 0 bridgehead atoms. The van der Waals surface area contributed by atoms with Gasteiger partial charge in [0, 0.05) is 16.8 Å². The molecule has 2 N–H and O–H groups in total. The van der Waals surface area contributed by atoms with E-state index in [1.807, 2.05) is 18.2 Å². The number of benzene rings is 2. The van der Waals surface area contributed by atoms with Crippen molar-refractivity contribution < 1.29 is 13.9 Å². The number of nitrogen functional groups attached to an aromatic ring is 1. The Morgan fingerprint density at radius 3 is 2.77 bits per heavy atom. The molecule has 0 saturated carbocycles. The van der Waals surface area contributed by atoms with Crippen LogP contribution in [0, 0.1) is 0 Å². The van der Waals surface area contributed by atoms with Crippen LogP contribution in [-0.2, 0) is 11.3 Å². The molecule has 6 heteroatoms. The van der Waals surface area contributed by atoms with Crippen molar-refractivity contribution in [1.82, 2.24) is 0 Å². The first-order valence-electron chi connectivity index (χ1n) is 7.99. The van der Waals surface area contributed by atoms with E-state index in [0.29, 0.717) is 34.5 Å². The van der Waals surface area contributed by atoms with Crippen LogP contribution in [0.1, 0.15) is 11.3 Å². The number of furan rings is 1. The van der Waals surface area contributed by atoms with E-state index in [9.17, 15) is 4.79 Å². The zero-order valence-corrected chi connectivity index (χ0v) is 14.4.